The average molecular weight is 538 g/mol. The van der Waals surface area contributed by atoms with Crippen LogP contribution in [-0.2, 0) is 16.1 Å². The van der Waals surface area contributed by atoms with Crippen molar-refractivity contribution < 1.29 is 14.4 Å². The minimum atomic E-state index is -0.115. The van der Waals surface area contributed by atoms with Gasteiger partial charge >= 0.3 is 0 Å². The lowest BCUT2D eigenvalue weighted by molar-refractivity contribution is -0.908. The van der Waals surface area contributed by atoms with Crippen molar-refractivity contribution in [2.24, 2.45) is 0 Å². The molecule has 9 heteroatoms. The molecule has 4 aromatic rings. The molecule has 1 aliphatic heterocycles. The molecule has 0 spiro atoms. The number of quaternary nitrogens is 1. The maximum atomic E-state index is 13.6. The van der Waals surface area contributed by atoms with E-state index in [0.717, 1.165) is 60.6 Å². The van der Waals surface area contributed by atoms with E-state index in [4.69, 9.17) is 9.72 Å². The standard InChI is InChI=1S/C28H32N4O3S2/c1-19(2)20-8-10-21(11-9-20)29-24(33)18-36-28-30-25-22-6-3-4-7-23(22)37-26(25)27(34)32(28)13-5-12-31-14-16-35-17-15-31/h3-4,6-11,19H,5,12-18H2,1-2H3,(H,29,33)/p+1. The summed E-state index contributed by atoms with van der Waals surface area (Å²) in [5, 5.41) is 4.56. The fourth-order valence-electron chi connectivity index (χ4n) is 4.64. The van der Waals surface area contributed by atoms with E-state index in [2.05, 4.69) is 19.2 Å². The zero-order valence-corrected chi connectivity index (χ0v) is 22.9. The quantitative estimate of drug-likeness (QED) is 0.251. The van der Waals surface area contributed by atoms with Gasteiger partial charge in [-0.1, -0.05) is 55.9 Å². The molecule has 0 aliphatic carbocycles. The van der Waals surface area contributed by atoms with Crippen LogP contribution in [0.2, 0.25) is 0 Å². The van der Waals surface area contributed by atoms with Gasteiger partial charge in [-0.15, -0.1) is 11.3 Å². The highest BCUT2D eigenvalue weighted by atomic mass is 32.2. The molecule has 0 bridgehead atoms. The number of carbonyl (C=O) groups is 1. The molecule has 1 saturated heterocycles. The van der Waals surface area contributed by atoms with Gasteiger partial charge in [0.2, 0.25) is 5.91 Å². The highest BCUT2D eigenvalue weighted by Gasteiger charge is 2.19. The van der Waals surface area contributed by atoms with Crippen LogP contribution in [0.25, 0.3) is 20.3 Å². The Balaban J connectivity index is 1.35. The zero-order chi connectivity index (χ0) is 25.8. The minimum absolute atomic E-state index is 0.0182. The molecule has 37 heavy (non-hydrogen) atoms. The Kier molecular flexibility index (Phi) is 8.24. The van der Waals surface area contributed by atoms with E-state index in [1.807, 2.05) is 48.5 Å². The maximum absolute atomic E-state index is 13.6. The number of carbonyl (C=O) groups excluding carboxylic acids is 1. The first-order valence-electron chi connectivity index (χ1n) is 12.9. The van der Waals surface area contributed by atoms with E-state index in [1.165, 1.54) is 33.6 Å². The van der Waals surface area contributed by atoms with Gasteiger partial charge in [-0.3, -0.25) is 14.2 Å². The predicted octanol–water partition coefficient (Wildman–Crippen LogP) is 3.77. The van der Waals surface area contributed by atoms with Gasteiger partial charge in [-0.25, -0.2) is 4.98 Å². The number of nitrogens with one attached hydrogen (secondary N) is 2. The third-order valence-electron chi connectivity index (χ3n) is 6.75. The molecule has 5 rings (SSSR count). The third kappa shape index (κ3) is 6.06. The lowest BCUT2D eigenvalue weighted by Crippen LogP contribution is -3.14. The van der Waals surface area contributed by atoms with E-state index in [9.17, 15) is 9.59 Å². The fourth-order valence-corrected chi connectivity index (χ4v) is 6.55. The van der Waals surface area contributed by atoms with Crippen molar-refractivity contribution in [1.82, 2.24) is 9.55 Å². The van der Waals surface area contributed by atoms with Crippen molar-refractivity contribution in [3.8, 4) is 0 Å². The molecule has 2 N–H and O–H groups in total. The summed E-state index contributed by atoms with van der Waals surface area (Å²) in [4.78, 5) is 32.8. The summed E-state index contributed by atoms with van der Waals surface area (Å²) in [6.07, 6.45) is 0.870. The largest absolute Gasteiger partial charge is 0.370 e. The summed E-state index contributed by atoms with van der Waals surface area (Å²) in [7, 11) is 0. The van der Waals surface area contributed by atoms with Crippen LogP contribution in [0.15, 0.2) is 58.5 Å². The van der Waals surface area contributed by atoms with Crippen LogP contribution in [0.5, 0.6) is 0 Å². The van der Waals surface area contributed by atoms with Crippen molar-refractivity contribution in [3.05, 3.63) is 64.4 Å². The first-order valence-corrected chi connectivity index (χ1v) is 14.7. The van der Waals surface area contributed by atoms with Crippen LogP contribution in [0.3, 0.4) is 0 Å². The number of aromatic nitrogens is 2. The Bertz CT molecular complexity index is 1440. The van der Waals surface area contributed by atoms with Gasteiger partial charge < -0.3 is 15.0 Å². The van der Waals surface area contributed by atoms with Crippen molar-refractivity contribution in [1.29, 1.82) is 0 Å². The molecule has 0 radical (unpaired) electrons. The summed E-state index contributed by atoms with van der Waals surface area (Å²) in [6.45, 7) is 9.45. The molecule has 3 heterocycles. The molecule has 1 aliphatic rings. The highest BCUT2D eigenvalue weighted by Crippen LogP contribution is 2.32. The first kappa shape index (κ1) is 25.9. The smallest absolute Gasteiger partial charge is 0.272 e. The average Bonchev–Trinajstić information content (AvgIpc) is 3.29. The summed E-state index contributed by atoms with van der Waals surface area (Å²) in [5.41, 5.74) is 2.71. The molecule has 0 unspecified atom stereocenters. The van der Waals surface area contributed by atoms with Gasteiger partial charge in [0.25, 0.3) is 5.56 Å². The molecule has 2 aromatic carbocycles. The van der Waals surface area contributed by atoms with Gasteiger partial charge in [0.05, 0.1) is 31.0 Å². The molecule has 194 valence electrons. The number of rotatable bonds is 9. The second kappa shape index (κ2) is 11.8. The Labute approximate surface area is 224 Å². The monoisotopic (exact) mass is 537 g/mol. The highest BCUT2D eigenvalue weighted by molar-refractivity contribution is 7.99. The Morgan fingerprint density at radius 1 is 1.16 bits per heavy atom. The number of fused-ring (bicyclic) bond motifs is 3. The Hall–Kier alpha value is -2.72. The summed E-state index contributed by atoms with van der Waals surface area (Å²) < 4.78 is 8.97. The van der Waals surface area contributed by atoms with E-state index in [1.54, 1.807) is 4.57 Å². The van der Waals surface area contributed by atoms with Gasteiger partial charge in [-0.2, -0.15) is 0 Å². The molecule has 1 amide bonds. The van der Waals surface area contributed by atoms with Crippen LogP contribution >= 0.6 is 23.1 Å². The third-order valence-corrected chi connectivity index (χ3v) is 8.88. The van der Waals surface area contributed by atoms with Crippen LogP contribution < -0.4 is 15.8 Å². The topological polar surface area (TPSA) is 77.7 Å². The number of amides is 1. The van der Waals surface area contributed by atoms with Crippen molar-refractivity contribution in [2.45, 2.75) is 37.9 Å². The number of nitrogens with zero attached hydrogens (tertiary/aromatic N) is 2. The van der Waals surface area contributed by atoms with Gasteiger partial charge in [-0.05, 0) is 29.7 Å². The molecule has 1 fully saturated rings. The predicted molar refractivity (Wildman–Crippen MR) is 152 cm³/mol. The first-order chi connectivity index (χ1) is 18.0. The van der Waals surface area contributed by atoms with Gasteiger partial charge in [0, 0.05) is 28.7 Å². The SMILES string of the molecule is CC(C)c1ccc(NC(=O)CSc2nc3c(sc4ccccc43)c(=O)n2CCC[NH+]2CCOCC2)cc1. The number of anilines is 1. The molecule has 0 saturated carbocycles. The van der Waals surface area contributed by atoms with E-state index in [0.29, 0.717) is 22.3 Å². The number of thioether (sulfide) groups is 1. The van der Waals surface area contributed by atoms with E-state index in [-0.39, 0.29) is 17.2 Å². The van der Waals surface area contributed by atoms with Crippen molar-refractivity contribution in [3.63, 3.8) is 0 Å². The number of morpholine rings is 1. The summed E-state index contributed by atoms with van der Waals surface area (Å²) >= 11 is 2.82. The number of hydrogen-bond donors (Lipinski definition) is 2. The zero-order valence-electron chi connectivity index (χ0n) is 21.3. The Morgan fingerprint density at radius 2 is 1.92 bits per heavy atom. The maximum Gasteiger partial charge on any atom is 0.272 e. The van der Waals surface area contributed by atoms with E-state index >= 15 is 0 Å². The molecular formula is C28H33N4O3S2+. The minimum Gasteiger partial charge on any atom is -0.370 e. The summed E-state index contributed by atoms with van der Waals surface area (Å²) in [6, 6.07) is 15.9. The lowest BCUT2D eigenvalue weighted by atomic mass is 10.0. The van der Waals surface area contributed by atoms with E-state index < -0.39 is 0 Å². The van der Waals surface area contributed by atoms with Crippen molar-refractivity contribution in [2.75, 3.05) is 43.9 Å². The number of thiophene rings is 1. The number of ether oxygens (including phenoxy) is 1. The number of benzene rings is 2. The molecule has 0 atom stereocenters. The van der Waals surface area contributed by atoms with Crippen LogP contribution in [0.1, 0.15) is 31.7 Å². The molecule has 2 aromatic heterocycles. The van der Waals surface area contributed by atoms with Crippen molar-refractivity contribution >= 4 is 55.0 Å². The van der Waals surface area contributed by atoms with Crippen LogP contribution in [0, 0.1) is 0 Å². The fraction of sp³-hybridized carbons (Fsp3) is 0.393. The van der Waals surface area contributed by atoms with Crippen LogP contribution in [-0.4, -0.2) is 54.1 Å². The second-order valence-corrected chi connectivity index (χ2v) is 11.7. The Morgan fingerprint density at radius 3 is 2.68 bits per heavy atom. The molecular weight excluding hydrogens is 504 g/mol. The second-order valence-electron chi connectivity index (χ2n) is 9.71. The lowest BCUT2D eigenvalue weighted by Gasteiger charge is -2.23. The summed E-state index contributed by atoms with van der Waals surface area (Å²) in [5.74, 6) is 0.507. The normalized spacial score (nSPS) is 14.6. The van der Waals surface area contributed by atoms with Crippen LogP contribution in [0.4, 0.5) is 5.69 Å². The molecule has 7 nitrogen and oxygen atoms in total. The number of hydrogen-bond acceptors (Lipinski definition) is 6. The van der Waals surface area contributed by atoms with Gasteiger partial charge in [0.1, 0.15) is 17.8 Å². The van der Waals surface area contributed by atoms with Gasteiger partial charge in [0.15, 0.2) is 5.16 Å².